The Hall–Kier alpha value is -3.58. The molecule has 32 heavy (non-hydrogen) atoms. The first-order valence-corrected chi connectivity index (χ1v) is 11.9. The predicted octanol–water partition coefficient (Wildman–Crippen LogP) is 4.36. The van der Waals surface area contributed by atoms with Crippen molar-refractivity contribution in [1.82, 2.24) is 5.32 Å². The fourth-order valence-electron chi connectivity index (χ4n) is 3.05. The van der Waals surface area contributed by atoms with E-state index in [4.69, 9.17) is 0 Å². The number of carbonyl (C=O) groups excluding carboxylic acids is 1. The highest BCUT2D eigenvalue weighted by molar-refractivity contribution is 7.95. The maximum absolute atomic E-state index is 12.3. The summed E-state index contributed by atoms with van der Waals surface area (Å²) in [5, 5.41) is 4.02. The largest absolute Gasteiger partial charge is 0.375 e. The van der Waals surface area contributed by atoms with Crippen LogP contribution in [0, 0.1) is 0 Å². The van der Waals surface area contributed by atoms with Crippen LogP contribution < -0.4 is 14.9 Å². The Bertz CT molecular complexity index is 1130. The van der Waals surface area contributed by atoms with Crippen molar-refractivity contribution in [3.63, 3.8) is 0 Å². The summed E-state index contributed by atoms with van der Waals surface area (Å²) in [5.41, 5.74) is 2.79. The van der Waals surface area contributed by atoms with E-state index >= 15 is 0 Å². The Morgan fingerprint density at radius 3 is 2.19 bits per heavy atom. The van der Waals surface area contributed by atoms with Crippen LogP contribution >= 0.6 is 0 Å². The van der Waals surface area contributed by atoms with Gasteiger partial charge in [-0.15, -0.1) is 0 Å². The summed E-state index contributed by atoms with van der Waals surface area (Å²) in [7, 11) is -1.63. The lowest BCUT2D eigenvalue weighted by Gasteiger charge is -2.19. The van der Waals surface area contributed by atoms with E-state index in [9.17, 15) is 13.2 Å². The summed E-state index contributed by atoms with van der Waals surface area (Å²) in [4.78, 5) is 14.5. The zero-order valence-electron chi connectivity index (χ0n) is 17.9. The molecular formula is C25H27N3O3S. The van der Waals surface area contributed by atoms with E-state index in [0.717, 1.165) is 29.6 Å². The van der Waals surface area contributed by atoms with Gasteiger partial charge in [0.2, 0.25) is 0 Å². The SMILES string of the molecule is CN(CCCNC(=O)c1ccc(NS(=O)(=O)/C=C/c2ccccc2)cc1)c1ccccc1. The number of rotatable bonds is 10. The van der Waals surface area contributed by atoms with Crippen LogP contribution in [-0.4, -0.2) is 34.5 Å². The Balaban J connectivity index is 1.46. The number of anilines is 2. The summed E-state index contributed by atoms with van der Waals surface area (Å²) >= 11 is 0. The Kier molecular flexibility index (Phi) is 8.05. The van der Waals surface area contributed by atoms with Crippen LogP contribution in [0.1, 0.15) is 22.3 Å². The molecular weight excluding hydrogens is 422 g/mol. The quantitative estimate of drug-likeness (QED) is 0.451. The normalized spacial score (nSPS) is 11.3. The van der Waals surface area contributed by atoms with Gasteiger partial charge in [0.15, 0.2) is 0 Å². The van der Waals surface area contributed by atoms with Gasteiger partial charge in [-0.1, -0.05) is 48.5 Å². The van der Waals surface area contributed by atoms with Crippen molar-refractivity contribution in [2.24, 2.45) is 0 Å². The standard InChI is InChI=1S/C25H27N3O3S/c1-28(24-11-6-3-7-12-24)19-8-18-26-25(29)22-13-15-23(16-14-22)27-32(30,31)20-17-21-9-4-2-5-10-21/h2-7,9-17,20,27H,8,18-19H2,1H3,(H,26,29)/b20-17+. The number of amides is 1. The van der Waals surface area contributed by atoms with Gasteiger partial charge >= 0.3 is 0 Å². The average Bonchev–Trinajstić information content (AvgIpc) is 2.82. The van der Waals surface area contributed by atoms with Crippen molar-refractivity contribution in [2.75, 3.05) is 29.8 Å². The first kappa shape index (κ1) is 23.1. The predicted molar refractivity (Wildman–Crippen MR) is 131 cm³/mol. The van der Waals surface area contributed by atoms with Crippen molar-refractivity contribution in [1.29, 1.82) is 0 Å². The minimum Gasteiger partial charge on any atom is -0.375 e. The molecule has 0 saturated carbocycles. The second-order valence-corrected chi connectivity index (χ2v) is 8.87. The first-order chi connectivity index (χ1) is 15.4. The topological polar surface area (TPSA) is 78.5 Å². The maximum atomic E-state index is 12.3. The number of benzene rings is 3. The molecule has 166 valence electrons. The van der Waals surface area contributed by atoms with Crippen molar-refractivity contribution in [3.05, 3.63) is 101 Å². The smallest absolute Gasteiger partial charge is 0.255 e. The molecule has 0 spiro atoms. The van der Waals surface area contributed by atoms with Crippen LogP contribution in [0.3, 0.4) is 0 Å². The molecule has 3 aromatic carbocycles. The molecule has 3 rings (SSSR count). The third-order valence-corrected chi connectivity index (χ3v) is 5.81. The fourth-order valence-corrected chi connectivity index (χ4v) is 3.92. The van der Waals surface area contributed by atoms with Gasteiger partial charge in [0.05, 0.1) is 5.41 Å². The van der Waals surface area contributed by atoms with E-state index in [1.54, 1.807) is 24.3 Å². The van der Waals surface area contributed by atoms with E-state index in [0.29, 0.717) is 17.8 Å². The maximum Gasteiger partial charge on any atom is 0.255 e. The summed E-state index contributed by atoms with van der Waals surface area (Å²) < 4.78 is 27.0. The first-order valence-electron chi connectivity index (χ1n) is 10.3. The van der Waals surface area contributed by atoms with Gasteiger partial charge in [-0.3, -0.25) is 9.52 Å². The van der Waals surface area contributed by atoms with Crippen LogP contribution in [0.2, 0.25) is 0 Å². The van der Waals surface area contributed by atoms with Crippen molar-refractivity contribution in [2.45, 2.75) is 6.42 Å². The molecule has 6 nitrogen and oxygen atoms in total. The molecule has 0 heterocycles. The average molecular weight is 450 g/mol. The second-order valence-electron chi connectivity index (χ2n) is 7.30. The second kappa shape index (κ2) is 11.2. The van der Waals surface area contributed by atoms with E-state index in [1.165, 1.54) is 6.08 Å². The Morgan fingerprint density at radius 1 is 0.906 bits per heavy atom. The molecule has 0 aromatic heterocycles. The highest BCUT2D eigenvalue weighted by Gasteiger charge is 2.09. The number of sulfonamides is 1. The van der Waals surface area contributed by atoms with Crippen LogP contribution in [0.4, 0.5) is 11.4 Å². The van der Waals surface area contributed by atoms with E-state index in [-0.39, 0.29) is 5.91 Å². The molecule has 0 aliphatic rings. The lowest BCUT2D eigenvalue weighted by Crippen LogP contribution is -2.28. The monoisotopic (exact) mass is 449 g/mol. The van der Waals surface area contributed by atoms with Gasteiger partial charge < -0.3 is 10.2 Å². The number of carbonyl (C=O) groups is 1. The van der Waals surface area contributed by atoms with Gasteiger partial charge in [-0.05, 0) is 54.5 Å². The summed E-state index contributed by atoms with van der Waals surface area (Å²) in [6.45, 7) is 1.37. The fraction of sp³-hybridized carbons (Fsp3) is 0.160. The Morgan fingerprint density at radius 2 is 1.53 bits per heavy atom. The number of hydrogen-bond acceptors (Lipinski definition) is 4. The molecule has 0 atom stereocenters. The minimum absolute atomic E-state index is 0.189. The van der Waals surface area contributed by atoms with Crippen molar-refractivity contribution < 1.29 is 13.2 Å². The van der Waals surface area contributed by atoms with Gasteiger partial charge in [-0.2, -0.15) is 0 Å². The molecule has 0 saturated heterocycles. The van der Waals surface area contributed by atoms with Crippen LogP contribution in [0.5, 0.6) is 0 Å². The molecule has 1 amide bonds. The van der Waals surface area contributed by atoms with Crippen LogP contribution in [-0.2, 0) is 10.0 Å². The lowest BCUT2D eigenvalue weighted by atomic mass is 10.2. The van der Waals surface area contributed by atoms with Crippen LogP contribution in [0.25, 0.3) is 6.08 Å². The molecule has 3 aromatic rings. The zero-order valence-corrected chi connectivity index (χ0v) is 18.8. The minimum atomic E-state index is -3.65. The summed E-state index contributed by atoms with van der Waals surface area (Å²) in [5.74, 6) is -0.189. The van der Waals surface area contributed by atoms with Gasteiger partial charge in [0.1, 0.15) is 0 Å². The van der Waals surface area contributed by atoms with E-state index in [2.05, 4.69) is 14.9 Å². The highest BCUT2D eigenvalue weighted by atomic mass is 32.2. The number of hydrogen-bond donors (Lipinski definition) is 2. The molecule has 0 aliphatic carbocycles. The molecule has 0 fully saturated rings. The van der Waals surface area contributed by atoms with E-state index in [1.807, 2.05) is 67.7 Å². The molecule has 0 aliphatic heterocycles. The number of para-hydroxylation sites is 1. The molecule has 0 unspecified atom stereocenters. The van der Waals surface area contributed by atoms with Gasteiger partial charge in [-0.25, -0.2) is 8.42 Å². The number of nitrogens with one attached hydrogen (secondary N) is 2. The molecule has 2 N–H and O–H groups in total. The summed E-state index contributed by atoms with van der Waals surface area (Å²) in [6.07, 6.45) is 2.34. The summed E-state index contributed by atoms with van der Waals surface area (Å²) in [6, 6.07) is 25.6. The third-order valence-electron chi connectivity index (χ3n) is 4.80. The number of nitrogens with zero attached hydrogens (tertiary/aromatic N) is 1. The Labute approximate surface area is 189 Å². The molecule has 0 radical (unpaired) electrons. The van der Waals surface area contributed by atoms with Gasteiger partial charge in [0, 0.05) is 37.1 Å². The third kappa shape index (κ3) is 7.28. The van der Waals surface area contributed by atoms with Crippen molar-refractivity contribution in [3.8, 4) is 0 Å². The lowest BCUT2D eigenvalue weighted by molar-refractivity contribution is 0.0953. The molecule has 7 heteroatoms. The van der Waals surface area contributed by atoms with Crippen LogP contribution in [0.15, 0.2) is 90.3 Å². The zero-order chi connectivity index (χ0) is 22.8. The highest BCUT2D eigenvalue weighted by Crippen LogP contribution is 2.14. The molecule has 0 bridgehead atoms. The van der Waals surface area contributed by atoms with E-state index < -0.39 is 10.0 Å². The van der Waals surface area contributed by atoms with Gasteiger partial charge in [0.25, 0.3) is 15.9 Å². The van der Waals surface area contributed by atoms with Crippen molar-refractivity contribution >= 4 is 33.4 Å².